The lowest BCUT2D eigenvalue weighted by molar-refractivity contribution is 0.102. The molecule has 5 heteroatoms. The van der Waals surface area contributed by atoms with Crippen LogP contribution in [-0.4, -0.2) is 26.7 Å². The molecule has 0 radical (unpaired) electrons. The highest BCUT2D eigenvalue weighted by Crippen LogP contribution is 2.26. The van der Waals surface area contributed by atoms with Crippen molar-refractivity contribution >= 4 is 11.6 Å². The van der Waals surface area contributed by atoms with Gasteiger partial charge in [-0.2, -0.15) is 0 Å². The molecule has 0 saturated carbocycles. The minimum Gasteiger partial charge on any atom is -0.497 e. The zero-order valence-corrected chi connectivity index (χ0v) is 12.9. The topological polar surface area (TPSA) is 56.8 Å². The molecule has 0 unspecified atom stereocenters. The predicted molar refractivity (Wildman–Crippen MR) is 85.1 cm³/mol. The van der Waals surface area contributed by atoms with E-state index in [2.05, 4.69) is 5.32 Å². The van der Waals surface area contributed by atoms with Crippen molar-refractivity contribution in [2.24, 2.45) is 0 Å². The first-order valence-electron chi connectivity index (χ1n) is 6.93. The summed E-state index contributed by atoms with van der Waals surface area (Å²) in [7, 11) is 3.12. The maximum absolute atomic E-state index is 12.3. The van der Waals surface area contributed by atoms with Gasteiger partial charge in [-0.15, -0.1) is 0 Å². The van der Waals surface area contributed by atoms with E-state index in [1.54, 1.807) is 50.6 Å². The maximum atomic E-state index is 12.3. The molecule has 0 aliphatic rings. The summed E-state index contributed by atoms with van der Waals surface area (Å²) in [5.41, 5.74) is 1.12. The molecule has 0 aliphatic carbocycles. The highest BCUT2D eigenvalue weighted by molar-refractivity contribution is 6.04. The monoisotopic (exact) mass is 301 g/mol. The van der Waals surface area contributed by atoms with E-state index in [9.17, 15) is 4.79 Å². The van der Waals surface area contributed by atoms with Gasteiger partial charge in [0.25, 0.3) is 5.91 Å². The Morgan fingerprint density at radius 1 is 1.00 bits per heavy atom. The van der Waals surface area contributed by atoms with Crippen molar-refractivity contribution in [3.05, 3.63) is 48.0 Å². The summed E-state index contributed by atoms with van der Waals surface area (Å²) in [6, 6.07) is 12.2. The normalized spacial score (nSPS) is 9.95. The molecule has 0 bridgehead atoms. The van der Waals surface area contributed by atoms with Gasteiger partial charge in [-0.25, -0.2) is 0 Å². The minimum atomic E-state index is -0.225. The molecule has 0 saturated heterocycles. The summed E-state index contributed by atoms with van der Waals surface area (Å²) in [6.45, 7) is 2.45. The first-order chi connectivity index (χ1) is 10.7. The number of carbonyl (C=O) groups excluding carboxylic acids is 1. The van der Waals surface area contributed by atoms with Gasteiger partial charge in [-0.3, -0.25) is 4.79 Å². The Kier molecular flexibility index (Phi) is 5.25. The van der Waals surface area contributed by atoms with Gasteiger partial charge >= 0.3 is 0 Å². The quantitative estimate of drug-likeness (QED) is 0.889. The predicted octanol–water partition coefficient (Wildman–Crippen LogP) is 3.35. The fourth-order valence-corrected chi connectivity index (χ4v) is 1.98. The average molecular weight is 301 g/mol. The van der Waals surface area contributed by atoms with Crippen molar-refractivity contribution in [3.63, 3.8) is 0 Å². The summed E-state index contributed by atoms with van der Waals surface area (Å²) >= 11 is 0. The van der Waals surface area contributed by atoms with Gasteiger partial charge < -0.3 is 19.5 Å². The largest absolute Gasteiger partial charge is 0.497 e. The third-order valence-corrected chi connectivity index (χ3v) is 3.02. The van der Waals surface area contributed by atoms with E-state index in [0.29, 0.717) is 35.1 Å². The number of anilines is 1. The van der Waals surface area contributed by atoms with E-state index in [1.165, 1.54) is 0 Å². The summed E-state index contributed by atoms with van der Waals surface area (Å²) < 4.78 is 15.8. The van der Waals surface area contributed by atoms with E-state index in [4.69, 9.17) is 14.2 Å². The first-order valence-corrected chi connectivity index (χ1v) is 6.93. The van der Waals surface area contributed by atoms with Crippen LogP contribution in [0.5, 0.6) is 17.2 Å². The Labute approximate surface area is 129 Å². The summed E-state index contributed by atoms with van der Waals surface area (Å²) in [6.07, 6.45) is 0. The molecule has 116 valence electrons. The zero-order chi connectivity index (χ0) is 15.9. The summed E-state index contributed by atoms with van der Waals surface area (Å²) in [5, 5.41) is 2.82. The molecule has 0 aliphatic heterocycles. The second-order valence-electron chi connectivity index (χ2n) is 4.52. The lowest BCUT2D eigenvalue weighted by Gasteiger charge is -2.10. The number of amides is 1. The Morgan fingerprint density at radius 3 is 2.27 bits per heavy atom. The van der Waals surface area contributed by atoms with E-state index in [0.717, 1.165) is 0 Å². The van der Waals surface area contributed by atoms with Gasteiger partial charge in [-0.05, 0) is 25.1 Å². The van der Waals surface area contributed by atoms with Crippen molar-refractivity contribution in [2.45, 2.75) is 6.92 Å². The molecule has 0 heterocycles. The number of hydrogen-bond donors (Lipinski definition) is 1. The summed E-state index contributed by atoms with van der Waals surface area (Å²) in [4.78, 5) is 12.3. The second kappa shape index (κ2) is 7.36. The first kappa shape index (κ1) is 15.7. The molecule has 0 fully saturated rings. The fourth-order valence-electron chi connectivity index (χ4n) is 1.98. The van der Waals surface area contributed by atoms with Gasteiger partial charge in [0, 0.05) is 29.4 Å². The van der Waals surface area contributed by atoms with Crippen molar-refractivity contribution in [3.8, 4) is 17.2 Å². The fraction of sp³-hybridized carbons (Fsp3) is 0.235. The van der Waals surface area contributed by atoms with E-state index in [1.807, 2.05) is 13.0 Å². The van der Waals surface area contributed by atoms with Crippen LogP contribution in [0.4, 0.5) is 5.69 Å². The lowest BCUT2D eigenvalue weighted by atomic mass is 10.2. The van der Waals surface area contributed by atoms with Crippen molar-refractivity contribution in [1.82, 2.24) is 0 Å². The highest BCUT2D eigenvalue weighted by atomic mass is 16.5. The molecule has 2 aromatic carbocycles. The van der Waals surface area contributed by atoms with Crippen LogP contribution in [0, 0.1) is 0 Å². The molecular weight excluding hydrogens is 282 g/mol. The van der Waals surface area contributed by atoms with Crippen LogP contribution in [0.1, 0.15) is 17.3 Å². The molecule has 22 heavy (non-hydrogen) atoms. The number of nitrogens with one attached hydrogen (secondary N) is 1. The lowest BCUT2D eigenvalue weighted by Crippen LogP contribution is -2.12. The highest BCUT2D eigenvalue weighted by Gasteiger charge is 2.09. The molecule has 1 amide bonds. The van der Waals surface area contributed by atoms with Crippen LogP contribution in [0.15, 0.2) is 42.5 Å². The van der Waals surface area contributed by atoms with Crippen LogP contribution in [0.2, 0.25) is 0 Å². The molecule has 0 aromatic heterocycles. The zero-order valence-electron chi connectivity index (χ0n) is 12.9. The number of ether oxygens (including phenoxy) is 3. The SMILES string of the molecule is CCOc1cccc(C(=O)Nc2cc(OC)cc(OC)c2)c1. The third-order valence-electron chi connectivity index (χ3n) is 3.02. The van der Waals surface area contributed by atoms with E-state index in [-0.39, 0.29) is 5.91 Å². The maximum Gasteiger partial charge on any atom is 0.255 e. The third kappa shape index (κ3) is 3.91. The number of methoxy groups -OCH3 is 2. The Balaban J connectivity index is 2.19. The van der Waals surface area contributed by atoms with Crippen molar-refractivity contribution in [2.75, 3.05) is 26.1 Å². The van der Waals surface area contributed by atoms with Crippen LogP contribution in [0.3, 0.4) is 0 Å². The Morgan fingerprint density at radius 2 is 1.68 bits per heavy atom. The molecule has 5 nitrogen and oxygen atoms in total. The van der Waals surface area contributed by atoms with Crippen molar-refractivity contribution in [1.29, 1.82) is 0 Å². The van der Waals surface area contributed by atoms with Gasteiger partial charge in [-0.1, -0.05) is 6.07 Å². The number of rotatable bonds is 6. The van der Waals surface area contributed by atoms with Crippen LogP contribution in [0.25, 0.3) is 0 Å². The molecule has 0 spiro atoms. The second-order valence-corrected chi connectivity index (χ2v) is 4.52. The smallest absolute Gasteiger partial charge is 0.255 e. The molecule has 0 atom stereocenters. The Hall–Kier alpha value is -2.69. The Bertz CT molecular complexity index is 633. The van der Waals surface area contributed by atoms with Crippen LogP contribution in [-0.2, 0) is 0 Å². The number of carbonyl (C=O) groups is 1. The van der Waals surface area contributed by atoms with E-state index < -0.39 is 0 Å². The van der Waals surface area contributed by atoms with Crippen LogP contribution >= 0.6 is 0 Å². The standard InChI is InChI=1S/C17H19NO4/c1-4-22-14-7-5-6-12(8-14)17(19)18-13-9-15(20-2)11-16(10-13)21-3/h5-11H,4H2,1-3H3,(H,18,19). The number of hydrogen-bond acceptors (Lipinski definition) is 4. The molecule has 2 rings (SSSR count). The average Bonchev–Trinajstić information content (AvgIpc) is 2.55. The van der Waals surface area contributed by atoms with Gasteiger partial charge in [0.1, 0.15) is 17.2 Å². The molecular formula is C17H19NO4. The summed E-state index contributed by atoms with van der Waals surface area (Å²) in [5.74, 6) is 1.66. The van der Waals surface area contributed by atoms with Gasteiger partial charge in [0.15, 0.2) is 0 Å². The molecule has 2 aromatic rings. The van der Waals surface area contributed by atoms with Gasteiger partial charge in [0.05, 0.1) is 20.8 Å². The van der Waals surface area contributed by atoms with Gasteiger partial charge in [0.2, 0.25) is 0 Å². The molecule has 1 N–H and O–H groups in total. The van der Waals surface area contributed by atoms with Crippen LogP contribution < -0.4 is 19.5 Å². The van der Waals surface area contributed by atoms with Crippen molar-refractivity contribution < 1.29 is 19.0 Å². The van der Waals surface area contributed by atoms with E-state index >= 15 is 0 Å². The number of benzene rings is 2. The minimum absolute atomic E-state index is 0.225.